The smallest absolute Gasteiger partial charge is 0.153 e. The summed E-state index contributed by atoms with van der Waals surface area (Å²) in [6.07, 6.45) is 1.56. The zero-order valence-electron chi connectivity index (χ0n) is 7.09. The molecule has 1 aromatic heterocycles. The molecule has 0 aliphatic carbocycles. The first-order valence-corrected chi connectivity index (χ1v) is 3.57. The van der Waals surface area contributed by atoms with Crippen molar-refractivity contribution in [2.24, 2.45) is 5.73 Å². The average Bonchev–Trinajstić information content (AvgIpc) is 2.48. The van der Waals surface area contributed by atoms with Gasteiger partial charge in [-0.05, 0) is 25.5 Å². The highest BCUT2D eigenvalue weighted by atomic mass is 16.3. The van der Waals surface area contributed by atoms with Crippen LogP contribution in [0.1, 0.15) is 18.2 Å². The molecular weight excluding hydrogens is 152 g/mol. The largest absolute Gasteiger partial charge is 0.463 e. The van der Waals surface area contributed by atoms with Crippen LogP contribution in [-0.4, -0.2) is 0 Å². The van der Waals surface area contributed by atoms with E-state index in [-0.39, 0.29) is 0 Å². The predicted molar refractivity (Wildman–Crippen MR) is 45.8 cm³/mol. The molecule has 3 nitrogen and oxygen atoms in total. The van der Waals surface area contributed by atoms with Crippen molar-refractivity contribution >= 4 is 5.70 Å². The fourth-order valence-electron chi connectivity index (χ4n) is 0.879. The normalized spacial score (nSPS) is 12.1. The first-order chi connectivity index (χ1) is 5.66. The van der Waals surface area contributed by atoms with E-state index in [4.69, 9.17) is 15.4 Å². The van der Waals surface area contributed by atoms with E-state index in [1.807, 2.05) is 19.1 Å². The molecule has 0 saturated carbocycles. The summed E-state index contributed by atoms with van der Waals surface area (Å²) in [6.45, 7) is 3.55. The highest BCUT2D eigenvalue weighted by Gasteiger charge is 2.07. The molecule has 0 unspecified atom stereocenters. The summed E-state index contributed by atoms with van der Waals surface area (Å²) in [5, 5.41) is 8.57. The van der Waals surface area contributed by atoms with Crippen molar-refractivity contribution in [2.75, 3.05) is 0 Å². The van der Waals surface area contributed by atoms with Crippen molar-refractivity contribution in [3.63, 3.8) is 0 Å². The highest BCUT2D eigenvalue weighted by molar-refractivity contribution is 5.66. The number of furan rings is 1. The fourth-order valence-corrected chi connectivity index (χ4v) is 0.879. The van der Waals surface area contributed by atoms with Crippen molar-refractivity contribution in [3.8, 4) is 6.07 Å². The van der Waals surface area contributed by atoms with Crippen molar-refractivity contribution in [3.05, 3.63) is 29.2 Å². The van der Waals surface area contributed by atoms with Crippen molar-refractivity contribution in [1.82, 2.24) is 0 Å². The Labute approximate surface area is 71.1 Å². The topological polar surface area (TPSA) is 63.0 Å². The maximum Gasteiger partial charge on any atom is 0.153 e. The predicted octanol–water partition coefficient (Wildman–Crippen LogP) is 1.80. The summed E-state index contributed by atoms with van der Waals surface area (Å²) in [5.74, 6) is 0.592. The van der Waals surface area contributed by atoms with Crippen LogP contribution in [0.25, 0.3) is 5.70 Å². The molecule has 0 aliphatic heterocycles. The maximum absolute atomic E-state index is 8.57. The lowest BCUT2D eigenvalue weighted by Crippen LogP contribution is -1.98. The Morgan fingerprint density at radius 1 is 1.67 bits per heavy atom. The Hall–Kier alpha value is -1.69. The van der Waals surface area contributed by atoms with E-state index in [9.17, 15) is 0 Å². The molecule has 0 spiro atoms. The summed E-state index contributed by atoms with van der Waals surface area (Å²) in [4.78, 5) is 0. The van der Waals surface area contributed by atoms with Crippen LogP contribution in [0.3, 0.4) is 0 Å². The first kappa shape index (κ1) is 8.41. The van der Waals surface area contributed by atoms with Gasteiger partial charge in [-0.3, -0.25) is 0 Å². The van der Waals surface area contributed by atoms with E-state index in [1.165, 1.54) is 0 Å². The molecule has 0 aliphatic rings. The number of nitrogens with two attached hydrogens (primary N) is 1. The van der Waals surface area contributed by atoms with Gasteiger partial charge in [0.25, 0.3) is 0 Å². The van der Waals surface area contributed by atoms with Crippen LogP contribution in [0, 0.1) is 18.3 Å². The van der Waals surface area contributed by atoms with Crippen LogP contribution in [0.4, 0.5) is 0 Å². The van der Waals surface area contributed by atoms with Crippen LogP contribution in [0.15, 0.2) is 22.3 Å². The second-order valence-corrected chi connectivity index (χ2v) is 2.58. The third kappa shape index (κ3) is 1.32. The summed E-state index contributed by atoms with van der Waals surface area (Å²) < 4.78 is 5.12. The number of nitrogens with zero attached hydrogens (tertiary/aromatic N) is 1. The fraction of sp³-hybridized carbons (Fsp3) is 0.222. The molecule has 1 rings (SSSR count). The number of rotatable bonds is 1. The van der Waals surface area contributed by atoms with E-state index in [1.54, 1.807) is 13.2 Å². The summed E-state index contributed by atoms with van der Waals surface area (Å²) >= 11 is 0. The minimum absolute atomic E-state index is 0.417. The van der Waals surface area contributed by atoms with Gasteiger partial charge in [-0.15, -0.1) is 0 Å². The molecule has 0 bridgehead atoms. The molecule has 1 heterocycles. The Morgan fingerprint density at radius 2 is 2.33 bits per heavy atom. The molecule has 0 amide bonds. The van der Waals surface area contributed by atoms with Gasteiger partial charge in [0.2, 0.25) is 0 Å². The Morgan fingerprint density at radius 3 is 2.75 bits per heavy atom. The summed E-state index contributed by atoms with van der Waals surface area (Å²) in [5.41, 5.74) is 7.50. The third-order valence-electron chi connectivity index (χ3n) is 1.68. The average molecular weight is 162 g/mol. The van der Waals surface area contributed by atoms with Gasteiger partial charge in [0.05, 0.1) is 23.6 Å². The molecule has 0 radical (unpaired) electrons. The minimum atomic E-state index is 0.417. The molecule has 12 heavy (non-hydrogen) atoms. The standard InChI is InChI=1S/C9H10N2O/c1-6-3-4-12-9(6)8(11)7(2)5-10/h3-4H,11H2,1-2H3/b8-7-. The zero-order chi connectivity index (χ0) is 9.14. The van der Waals surface area contributed by atoms with E-state index < -0.39 is 0 Å². The van der Waals surface area contributed by atoms with Gasteiger partial charge in [-0.2, -0.15) is 5.26 Å². The lowest BCUT2D eigenvalue weighted by molar-refractivity contribution is 0.549. The molecule has 0 aromatic carbocycles. The second kappa shape index (κ2) is 3.14. The molecule has 1 aromatic rings. The molecule has 62 valence electrons. The van der Waals surface area contributed by atoms with E-state index >= 15 is 0 Å². The quantitative estimate of drug-likeness (QED) is 0.640. The van der Waals surface area contributed by atoms with Gasteiger partial charge in [0.15, 0.2) is 5.76 Å². The molecular formula is C9H10N2O. The van der Waals surface area contributed by atoms with E-state index in [0.717, 1.165) is 5.56 Å². The molecule has 0 atom stereocenters. The van der Waals surface area contributed by atoms with Gasteiger partial charge in [-0.25, -0.2) is 0 Å². The summed E-state index contributed by atoms with van der Waals surface area (Å²) in [7, 11) is 0. The zero-order valence-corrected chi connectivity index (χ0v) is 7.09. The number of aryl methyl sites for hydroxylation is 1. The Kier molecular flexibility index (Phi) is 2.20. The summed E-state index contributed by atoms with van der Waals surface area (Å²) in [6, 6.07) is 3.79. The van der Waals surface area contributed by atoms with Crippen LogP contribution in [0.2, 0.25) is 0 Å². The van der Waals surface area contributed by atoms with Crippen molar-refractivity contribution in [2.45, 2.75) is 13.8 Å². The van der Waals surface area contributed by atoms with Crippen LogP contribution in [-0.2, 0) is 0 Å². The third-order valence-corrected chi connectivity index (χ3v) is 1.68. The minimum Gasteiger partial charge on any atom is -0.463 e. The number of hydrogen-bond acceptors (Lipinski definition) is 3. The van der Waals surface area contributed by atoms with Crippen LogP contribution < -0.4 is 5.73 Å². The van der Waals surface area contributed by atoms with Crippen LogP contribution in [0.5, 0.6) is 0 Å². The molecule has 2 N–H and O–H groups in total. The van der Waals surface area contributed by atoms with Gasteiger partial charge >= 0.3 is 0 Å². The number of nitriles is 1. The van der Waals surface area contributed by atoms with Crippen molar-refractivity contribution < 1.29 is 4.42 Å². The lowest BCUT2D eigenvalue weighted by atomic mass is 10.1. The van der Waals surface area contributed by atoms with Gasteiger partial charge in [0, 0.05) is 0 Å². The van der Waals surface area contributed by atoms with Gasteiger partial charge in [0.1, 0.15) is 0 Å². The van der Waals surface area contributed by atoms with E-state index in [0.29, 0.717) is 17.0 Å². The number of allylic oxidation sites excluding steroid dienone is 1. The molecule has 0 fully saturated rings. The Balaban J connectivity index is 3.18. The second-order valence-electron chi connectivity index (χ2n) is 2.58. The molecule has 3 heteroatoms. The first-order valence-electron chi connectivity index (χ1n) is 3.57. The van der Waals surface area contributed by atoms with Gasteiger partial charge in [-0.1, -0.05) is 0 Å². The monoisotopic (exact) mass is 162 g/mol. The number of hydrogen-bond donors (Lipinski definition) is 1. The highest BCUT2D eigenvalue weighted by Crippen LogP contribution is 2.17. The lowest BCUT2D eigenvalue weighted by Gasteiger charge is -1.98. The Bertz CT molecular complexity index is 355. The van der Waals surface area contributed by atoms with E-state index in [2.05, 4.69) is 0 Å². The van der Waals surface area contributed by atoms with Crippen LogP contribution >= 0.6 is 0 Å². The van der Waals surface area contributed by atoms with Crippen molar-refractivity contribution in [1.29, 1.82) is 5.26 Å². The van der Waals surface area contributed by atoms with Gasteiger partial charge < -0.3 is 10.2 Å². The maximum atomic E-state index is 8.57. The molecule has 0 saturated heterocycles. The SMILES string of the molecule is C/C(C#N)=C(/N)c1occc1C.